The summed E-state index contributed by atoms with van der Waals surface area (Å²) in [4.78, 5) is 14.4. The zero-order valence-electron chi connectivity index (χ0n) is 17.0. The molecule has 0 bridgehead atoms. The number of nitrogens with zero attached hydrogens (tertiary/aromatic N) is 3. The van der Waals surface area contributed by atoms with Gasteiger partial charge in [-0.1, -0.05) is 42.5 Å². The van der Waals surface area contributed by atoms with E-state index in [1.807, 2.05) is 12.1 Å². The third-order valence-electron chi connectivity index (χ3n) is 5.82. The van der Waals surface area contributed by atoms with E-state index in [1.54, 1.807) is 29.7 Å². The summed E-state index contributed by atoms with van der Waals surface area (Å²) in [5, 5.41) is 3.36. The van der Waals surface area contributed by atoms with E-state index >= 15 is 0 Å². The molecule has 0 unspecified atom stereocenters. The first-order chi connectivity index (χ1) is 14.8. The van der Waals surface area contributed by atoms with Gasteiger partial charge in [0.1, 0.15) is 29.3 Å². The van der Waals surface area contributed by atoms with Gasteiger partial charge >= 0.3 is 0 Å². The highest BCUT2D eigenvalue weighted by Crippen LogP contribution is 2.38. The van der Waals surface area contributed by atoms with E-state index in [1.165, 1.54) is 22.1 Å². The van der Waals surface area contributed by atoms with Crippen molar-refractivity contribution in [3.05, 3.63) is 71.9 Å². The summed E-state index contributed by atoms with van der Waals surface area (Å²) in [7, 11) is 1.69. The van der Waals surface area contributed by atoms with Crippen LogP contribution in [0.5, 0.6) is 5.75 Å². The van der Waals surface area contributed by atoms with Crippen molar-refractivity contribution in [1.29, 1.82) is 0 Å². The number of hydrogen-bond donors (Lipinski definition) is 1. The van der Waals surface area contributed by atoms with E-state index < -0.39 is 0 Å². The smallest absolute Gasteiger partial charge is 0.141 e. The summed E-state index contributed by atoms with van der Waals surface area (Å²) in [5.74, 6) is 1.93. The van der Waals surface area contributed by atoms with Gasteiger partial charge in [-0.2, -0.15) is 0 Å². The number of rotatable bonds is 5. The fourth-order valence-electron chi connectivity index (χ4n) is 4.18. The number of hydrogen-bond acceptors (Lipinski definition) is 5. The van der Waals surface area contributed by atoms with E-state index in [0.717, 1.165) is 49.1 Å². The maximum atomic E-state index is 5.31. The molecule has 2 aromatic heterocycles. The standard InChI is InChI=1S/C24H24N4OS/c1-29-20-9-7-19(8-10-20)21-16-30-24-22(21)23(25-17-26-24)28-13-11-27(12-14-28)15-18-5-3-2-4-6-18/h2-10,16-17H,11-15H2,1H3/p+1. The molecular formula is C24H25N4OS+. The van der Waals surface area contributed by atoms with Gasteiger partial charge in [-0.05, 0) is 17.7 Å². The van der Waals surface area contributed by atoms with Gasteiger partial charge in [0.25, 0.3) is 0 Å². The van der Waals surface area contributed by atoms with Crippen LogP contribution < -0.4 is 14.5 Å². The highest BCUT2D eigenvalue weighted by atomic mass is 32.1. The van der Waals surface area contributed by atoms with Gasteiger partial charge in [0.2, 0.25) is 0 Å². The molecule has 0 atom stereocenters. The molecule has 1 aliphatic heterocycles. The molecule has 1 N–H and O–H groups in total. The molecule has 1 saturated heterocycles. The van der Waals surface area contributed by atoms with Crippen LogP contribution in [-0.2, 0) is 6.54 Å². The minimum absolute atomic E-state index is 0.868. The van der Waals surface area contributed by atoms with Crippen LogP contribution in [0.4, 0.5) is 5.82 Å². The number of thiophene rings is 1. The fourth-order valence-corrected chi connectivity index (χ4v) is 5.09. The number of methoxy groups -OCH3 is 1. The molecule has 6 heteroatoms. The van der Waals surface area contributed by atoms with E-state index in [-0.39, 0.29) is 0 Å². The Bertz CT molecular complexity index is 1120. The van der Waals surface area contributed by atoms with Crippen molar-refractivity contribution in [3.63, 3.8) is 0 Å². The normalized spacial score (nSPS) is 14.9. The summed E-state index contributed by atoms with van der Waals surface area (Å²) in [6.45, 7) is 5.33. The lowest BCUT2D eigenvalue weighted by Gasteiger charge is -2.33. The fraction of sp³-hybridized carbons (Fsp3) is 0.250. The number of benzene rings is 2. The second kappa shape index (κ2) is 8.42. The highest BCUT2D eigenvalue weighted by Gasteiger charge is 2.24. The first-order valence-corrected chi connectivity index (χ1v) is 11.2. The molecule has 3 heterocycles. The van der Waals surface area contributed by atoms with Gasteiger partial charge in [-0.3, -0.25) is 0 Å². The highest BCUT2D eigenvalue weighted by molar-refractivity contribution is 7.17. The Balaban J connectivity index is 1.39. The first kappa shape index (κ1) is 19.0. The predicted molar refractivity (Wildman–Crippen MR) is 122 cm³/mol. The molecule has 0 spiro atoms. The topological polar surface area (TPSA) is 42.7 Å². The second-order valence-electron chi connectivity index (χ2n) is 7.65. The number of piperazine rings is 1. The van der Waals surface area contributed by atoms with E-state index in [2.05, 4.69) is 57.7 Å². The average molecular weight is 418 g/mol. The molecule has 0 saturated carbocycles. The lowest BCUT2D eigenvalue weighted by atomic mass is 10.1. The second-order valence-corrected chi connectivity index (χ2v) is 8.51. The van der Waals surface area contributed by atoms with Crippen LogP contribution in [-0.4, -0.2) is 43.3 Å². The predicted octanol–water partition coefficient (Wildman–Crippen LogP) is 3.27. The minimum atomic E-state index is 0.868. The zero-order chi connectivity index (χ0) is 20.3. The quantitative estimate of drug-likeness (QED) is 0.541. The number of fused-ring (bicyclic) bond motifs is 1. The van der Waals surface area contributed by atoms with Crippen LogP contribution in [0, 0.1) is 0 Å². The Labute approximate surface area is 180 Å². The van der Waals surface area contributed by atoms with Crippen molar-refractivity contribution in [2.75, 3.05) is 38.2 Å². The Kier molecular flexibility index (Phi) is 5.34. The number of aromatic nitrogens is 2. The molecular weight excluding hydrogens is 392 g/mol. The lowest BCUT2D eigenvalue weighted by molar-refractivity contribution is -0.914. The summed E-state index contributed by atoms with van der Waals surface area (Å²) < 4.78 is 5.31. The minimum Gasteiger partial charge on any atom is -0.497 e. The van der Waals surface area contributed by atoms with Crippen LogP contribution in [0.15, 0.2) is 66.3 Å². The third kappa shape index (κ3) is 3.76. The lowest BCUT2D eigenvalue weighted by Crippen LogP contribution is -3.13. The molecule has 5 rings (SSSR count). The number of ether oxygens (including phenoxy) is 1. The van der Waals surface area contributed by atoms with Crippen LogP contribution in [0.25, 0.3) is 21.3 Å². The zero-order valence-corrected chi connectivity index (χ0v) is 17.9. The Morgan fingerprint density at radius 3 is 2.50 bits per heavy atom. The van der Waals surface area contributed by atoms with Crippen LogP contribution >= 0.6 is 11.3 Å². The number of anilines is 1. The van der Waals surface area contributed by atoms with E-state index in [0.29, 0.717) is 0 Å². The molecule has 0 amide bonds. The molecule has 5 nitrogen and oxygen atoms in total. The van der Waals surface area contributed by atoms with Crippen molar-refractivity contribution in [2.45, 2.75) is 6.54 Å². The molecule has 1 aliphatic rings. The molecule has 1 fully saturated rings. The molecule has 0 aliphatic carbocycles. The van der Waals surface area contributed by atoms with Crippen LogP contribution in [0.1, 0.15) is 5.56 Å². The SMILES string of the molecule is COc1ccc(-c2csc3ncnc(N4CC[NH+](Cc5ccccc5)CC4)c23)cc1. The maximum Gasteiger partial charge on any atom is 0.141 e. The van der Waals surface area contributed by atoms with Gasteiger partial charge in [-0.15, -0.1) is 11.3 Å². The van der Waals surface area contributed by atoms with E-state index in [9.17, 15) is 0 Å². The summed E-state index contributed by atoms with van der Waals surface area (Å²) in [5.41, 5.74) is 3.78. The number of nitrogens with one attached hydrogen (secondary N) is 1. The van der Waals surface area contributed by atoms with Crippen LogP contribution in [0.2, 0.25) is 0 Å². The number of quaternary nitrogens is 1. The average Bonchev–Trinajstić information content (AvgIpc) is 3.25. The van der Waals surface area contributed by atoms with E-state index in [4.69, 9.17) is 9.72 Å². The molecule has 152 valence electrons. The third-order valence-corrected chi connectivity index (χ3v) is 6.70. The largest absolute Gasteiger partial charge is 0.497 e. The molecule has 0 radical (unpaired) electrons. The summed E-state index contributed by atoms with van der Waals surface area (Å²) in [6, 6.07) is 19.0. The van der Waals surface area contributed by atoms with Gasteiger partial charge < -0.3 is 14.5 Å². The molecule has 30 heavy (non-hydrogen) atoms. The molecule has 2 aromatic carbocycles. The van der Waals surface area contributed by atoms with Gasteiger partial charge in [0.05, 0.1) is 38.7 Å². The maximum absolute atomic E-state index is 5.31. The van der Waals surface area contributed by atoms with Crippen LogP contribution in [0.3, 0.4) is 0 Å². The van der Waals surface area contributed by atoms with Gasteiger partial charge in [0, 0.05) is 16.5 Å². The van der Waals surface area contributed by atoms with Crippen molar-refractivity contribution in [1.82, 2.24) is 9.97 Å². The Morgan fingerprint density at radius 2 is 1.77 bits per heavy atom. The van der Waals surface area contributed by atoms with Gasteiger partial charge in [0.15, 0.2) is 0 Å². The van der Waals surface area contributed by atoms with Crippen molar-refractivity contribution in [3.8, 4) is 16.9 Å². The Hall–Kier alpha value is -2.96. The molecule has 4 aromatic rings. The first-order valence-electron chi connectivity index (χ1n) is 10.3. The Morgan fingerprint density at radius 1 is 1.00 bits per heavy atom. The van der Waals surface area contributed by atoms with Gasteiger partial charge in [-0.25, -0.2) is 9.97 Å². The van der Waals surface area contributed by atoms with Crippen molar-refractivity contribution < 1.29 is 9.64 Å². The van der Waals surface area contributed by atoms with Crippen molar-refractivity contribution >= 4 is 27.4 Å². The van der Waals surface area contributed by atoms with Crippen molar-refractivity contribution in [2.24, 2.45) is 0 Å². The summed E-state index contributed by atoms with van der Waals surface area (Å²) in [6.07, 6.45) is 1.70. The monoisotopic (exact) mass is 417 g/mol. The summed E-state index contributed by atoms with van der Waals surface area (Å²) >= 11 is 1.68.